The van der Waals surface area contributed by atoms with Crippen LogP contribution in [0, 0.1) is 0 Å². The zero-order valence-corrected chi connectivity index (χ0v) is 10.1. The second-order valence-electron chi connectivity index (χ2n) is 3.76. The first kappa shape index (κ1) is 10.1. The number of nitrogens with zero attached hydrogens (tertiary/aromatic N) is 2. The largest absolute Gasteiger partial charge is 0.366 e. The molecule has 0 amide bonds. The highest BCUT2D eigenvalue weighted by Crippen LogP contribution is 2.28. The number of anilines is 1. The molecule has 2 aromatic rings. The highest BCUT2D eigenvalue weighted by Gasteiger charge is 2.14. The number of fused-ring (bicyclic) bond motifs is 1. The Hall–Kier alpha value is -1.13. The molecule has 3 nitrogen and oxygen atoms in total. The first-order chi connectivity index (χ1) is 7.83. The van der Waals surface area contributed by atoms with Crippen LogP contribution in [0.5, 0.6) is 0 Å². The van der Waals surface area contributed by atoms with Gasteiger partial charge in [-0.1, -0.05) is 12.2 Å². The van der Waals surface area contributed by atoms with Gasteiger partial charge in [0.1, 0.15) is 10.6 Å². The minimum Gasteiger partial charge on any atom is -0.366 e. The van der Waals surface area contributed by atoms with Crippen LogP contribution in [0.4, 0.5) is 5.82 Å². The third kappa shape index (κ3) is 1.79. The van der Waals surface area contributed by atoms with E-state index < -0.39 is 0 Å². The van der Waals surface area contributed by atoms with Gasteiger partial charge in [0.25, 0.3) is 0 Å². The molecule has 3 rings (SSSR count). The average molecular weight is 252 g/mol. The van der Waals surface area contributed by atoms with E-state index in [9.17, 15) is 0 Å². The van der Waals surface area contributed by atoms with Crippen molar-refractivity contribution in [3.8, 4) is 0 Å². The van der Waals surface area contributed by atoms with Gasteiger partial charge in [0.05, 0.1) is 5.39 Å². The maximum Gasteiger partial charge on any atom is 0.225 e. The molecule has 0 spiro atoms. The molecule has 0 unspecified atom stereocenters. The van der Waals surface area contributed by atoms with Crippen LogP contribution in [0.15, 0.2) is 23.6 Å². The van der Waals surface area contributed by atoms with Gasteiger partial charge in [-0.3, -0.25) is 0 Å². The van der Waals surface area contributed by atoms with Crippen LogP contribution in [-0.2, 0) is 0 Å². The molecule has 1 N–H and O–H groups in total. The maximum absolute atomic E-state index is 5.90. The first-order valence-corrected chi connectivity index (χ1v) is 6.41. The van der Waals surface area contributed by atoms with Gasteiger partial charge in [0.15, 0.2) is 0 Å². The van der Waals surface area contributed by atoms with Gasteiger partial charge < -0.3 is 5.32 Å². The second kappa shape index (κ2) is 4.03. The Morgan fingerprint density at radius 3 is 2.94 bits per heavy atom. The number of hydrogen-bond acceptors (Lipinski definition) is 4. The number of aromatic nitrogens is 2. The fourth-order valence-corrected chi connectivity index (χ4v) is 2.85. The van der Waals surface area contributed by atoms with E-state index in [1.54, 1.807) is 11.3 Å². The summed E-state index contributed by atoms with van der Waals surface area (Å²) >= 11 is 7.48. The standard InChI is InChI=1S/C11H10ClN3S/c12-11-14-9(13-7-3-1-2-4-7)8-5-6-16-10(8)15-11/h1-2,5-7H,3-4H2,(H,13,14,15). The highest BCUT2D eigenvalue weighted by molar-refractivity contribution is 7.16. The lowest BCUT2D eigenvalue weighted by Crippen LogP contribution is -2.16. The molecule has 2 heterocycles. The zero-order chi connectivity index (χ0) is 11.0. The molecule has 0 saturated heterocycles. The number of nitrogens with one attached hydrogen (secondary N) is 1. The lowest BCUT2D eigenvalue weighted by molar-refractivity contribution is 0.782. The number of hydrogen-bond donors (Lipinski definition) is 1. The molecule has 82 valence electrons. The smallest absolute Gasteiger partial charge is 0.225 e. The SMILES string of the molecule is Clc1nc(NC2CC=CC2)c2ccsc2n1. The fraction of sp³-hybridized carbons (Fsp3) is 0.273. The summed E-state index contributed by atoms with van der Waals surface area (Å²) in [5.74, 6) is 0.852. The topological polar surface area (TPSA) is 37.8 Å². The molecule has 0 atom stereocenters. The molecule has 0 aliphatic heterocycles. The lowest BCUT2D eigenvalue weighted by Gasteiger charge is -2.13. The molecule has 2 aromatic heterocycles. The summed E-state index contributed by atoms with van der Waals surface area (Å²) < 4.78 is 0. The number of rotatable bonds is 2. The highest BCUT2D eigenvalue weighted by atomic mass is 35.5. The van der Waals surface area contributed by atoms with E-state index in [4.69, 9.17) is 11.6 Å². The summed E-state index contributed by atoms with van der Waals surface area (Å²) in [6.45, 7) is 0. The van der Waals surface area contributed by atoms with Gasteiger partial charge >= 0.3 is 0 Å². The summed E-state index contributed by atoms with van der Waals surface area (Å²) in [4.78, 5) is 9.39. The van der Waals surface area contributed by atoms with Crippen LogP contribution in [0.25, 0.3) is 10.2 Å². The summed E-state index contributed by atoms with van der Waals surface area (Å²) in [5, 5.41) is 6.79. The molecule has 0 bridgehead atoms. The predicted octanol–water partition coefficient (Wildman–Crippen LogP) is 3.48. The molecule has 0 fully saturated rings. The van der Waals surface area contributed by atoms with Crippen molar-refractivity contribution in [2.24, 2.45) is 0 Å². The summed E-state index contributed by atoms with van der Waals surface area (Å²) in [7, 11) is 0. The van der Waals surface area contributed by atoms with Crippen LogP contribution in [0.3, 0.4) is 0 Å². The molecular weight excluding hydrogens is 242 g/mol. The molecule has 1 aliphatic carbocycles. The summed E-state index contributed by atoms with van der Waals surface area (Å²) in [5.41, 5.74) is 0. The van der Waals surface area contributed by atoms with Crippen LogP contribution < -0.4 is 5.32 Å². The van der Waals surface area contributed by atoms with E-state index in [2.05, 4.69) is 27.4 Å². The van der Waals surface area contributed by atoms with Crippen molar-refractivity contribution in [1.29, 1.82) is 0 Å². The summed E-state index contributed by atoms with van der Waals surface area (Å²) in [6, 6.07) is 2.47. The van der Waals surface area contributed by atoms with E-state index in [1.807, 2.05) is 11.4 Å². The Balaban J connectivity index is 1.97. The number of halogens is 1. The van der Waals surface area contributed by atoms with E-state index in [-0.39, 0.29) is 0 Å². The van der Waals surface area contributed by atoms with E-state index in [0.29, 0.717) is 11.3 Å². The minimum atomic E-state index is 0.309. The van der Waals surface area contributed by atoms with Crippen molar-refractivity contribution in [3.63, 3.8) is 0 Å². The number of thiophene rings is 1. The van der Waals surface area contributed by atoms with Gasteiger partial charge in [-0.2, -0.15) is 0 Å². The van der Waals surface area contributed by atoms with Crippen molar-refractivity contribution in [3.05, 3.63) is 28.9 Å². The van der Waals surface area contributed by atoms with Crippen molar-refractivity contribution in [1.82, 2.24) is 9.97 Å². The predicted molar refractivity (Wildman–Crippen MR) is 68.2 cm³/mol. The van der Waals surface area contributed by atoms with Crippen LogP contribution in [0.2, 0.25) is 5.28 Å². The quantitative estimate of drug-likeness (QED) is 0.656. The monoisotopic (exact) mass is 251 g/mol. The summed E-state index contributed by atoms with van der Waals surface area (Å²) in [6.07, 6.45) is 6.47. The minimum absolute atomic E-state index is 0.309. The molecule has 16 heavy (non-hydrogen) atoms. The average Bonchev–Trinajstić information content (AvgIpc) is 2.87. The van der Waals surface area contributed by atoms with Gasteiger partial charge in [-0.25, -0.2) is 9.97 Å². The van der Waals surface area contributed by atoms with E-state index >= 15 is 0 Å². The Morgan fingerprint density at radius 1 is 1.31 bits per heavy atom. The van der Waals surface area contributed by atoms with E-state index in [0.717, 1.165) is 28.9 Å². The Kier molecular flexibility index (Phi) is 2.53. The van der Waals surface area contributed by atoms with E-state index in [1.165, 1.54) is 0 Å². The van der Waals surface area contributed by atoms with Crippen LogP contribution >= 0.6 is 22.9 Å². The zero-order valence-electron chi connectivity index (χ0n) is 8.48. The lowest BCUT2D eigenvalue weighted by atomic mass is 10.2. The molecule has 1 aliphatic rings. The Morgan fingerprint density at radius 2 is 2.12 bits per heavy atom. The third-order valence-electron chi connectivity index (χ3n) is 2.65. The normalized spacial score (nSPS) is 16.1. The van der Waals surface area contributed by atoms with Gasteiger partial charge in [-0.05, 0) is 35.9 Å². The van der Waals surface area contributed by atoms with Gasteiger partial charge in [-0.15, -0.1) is 11.3 Å². The third-order valence-corrected chi connectivity index (χ3v) is 3.62. The van der Waals surface area contributed by atoms with Gasteiger partial charge in [0, 0.05) is 6.04 Å². The van der Waals surface area contributed by atoms with Crippen molar-refractivity contribution >= 4 is 39.0 Å². The van der Waals surface area contributed by atoms with Crippen LogP contribution in [0.1, 0.15) is 12.8 Å². The first-order valence-electron chi connectivity index (χ1n) is 5.15. The molecule has 0 saturated carbocycles. The fourth-order valence-electron chi connectivity index (χ4n) is 1.87. The second-order valence-corrected chi connectivity index (χ2v) is 5.00. The van der Waals surface area contributed by atoms with Crippen molar-refractivity contribution < 1.29 is 0 Å². The molecule has 0 aromatic carbocycles. The van der Waals surface area contributed by atoms with Crippen molar-refractivity contribution in [2.45, 2.75) is 18.9 Å². The molecule has 0 radical (unpaired) electrons. The van der Waals surface area contributed by atoms with Gasteiger partial charge in [0.2, 0.25) is 5.28 Å². The van der Waals surface area contributed by atoms with Crippen LogP contribution in [-0.4, -0.2) is 16.0 Å². The molecular formula is C11H10ClN3S. The maximum atomic E-state index is 5.90. The Labute approximate surface area is 102 Å². The van der Waals surface area contributed by atoms with Crippen molar-refractivity contribution in [2.75, 3.05) is 5.32 Å². The molecule has 5 heteroatoms. The Bertz CT molecular complexity index is 541.